The lowest BCUT2D eigenvalue weighted by Gasteiger charge is -2.10. The van der Waals surface area contributed by atoms with Crippen molar-refractivity contribution >= 4 is 27.5 Å². The van der Waals surface area contributed by atoms with Gasteiger partial charge in [0.1, 0.15) is 5.75 Å². The second kappa shape index (κ2) is 6.57. The van der Waals surface area contributed by atoms with Crippen molar-refractivity contribution in [3.05, 3.63) is 58.1 Å². The first-order valence-corrected chi connectivity index (χ1v) is 7.24. The SMILES string of the molecule is CCc1cc(Br)ccc1NC(=O)Cc1cccc(O)c1. The quantitative estimate of drug-likeness (QED) is 0.891. The Labute approximate surface area is 126 Å². The molecule has 0 radical (unpaired) electrons. The molecule has 0 atom stereocenters. The molecule has 2 aromatic carbocycles. The van der Waals surface area contributed by atoms with Gasteiger partial charge in [-0.3, -0.25) is 4.79 Å². The summed E-state index contributed by atoms with van der Waals surface area (Å²) in [5.74, 6) is 0.0841. The molecule has 0 unspecified atom stereocenters. The molecule has 0 saturated heterocycles. The zero-order valence-electron chi connectivity index (χ0n) is 11.2. The molecule has 0 fully saturated rings. The zero-order chi connectivity index (χ0) is 14.5. The number of carbonyl (C=O) groups is 1. The monoisotopic (exact) mass is 333 g/mol. The normalized spacial score (nSPS) is 10.3. The Morgan fingerprint density at radius 1 is 1.25 bits per heavy atom. The lowest BCUT2D eigenvalue weighted by molar-refractivity contribution is -0.115. The Balaban J connectivity index is 2.08. The predicted octanol–water partition coefficient (Wildman–Crippen LogP) is 3.90. The largest absolute Gasteiger partial charge is 0.508 e. The number of hydrogen-bond acceptors (Lipinski definition) is 2. The second-order valence-electron chi connectivity index (χ2n) is 4.55. The van der Waals surface area contributed by atoms with Gasteiger partial charge in [0.05, 0.1) is 6.42 Å². The number of anilines is 1. The van der Waals surface area contributed by atoms with Crippen LogP contribution >= 0.6 is 15.9 Å². The average Bonchev–Trinajstić information content (AvgIpc) is 2.40. The summed E-state index contributed by atoms with van der Waals surface area (Å²) in [4.78, 5) is 12.0. The number of phenolic OH excluding ortho intramolecular Hbond substituents is 1. The highest BCUT2D eigenvalue weighted by molar-refractivity contribution is 9.10. The summed E-state index contributed by atoms with van der Waals surface area (Å²) in [6, 6.07) is 12.5. The fourth-order valence-electron chi connectivity index (χ4n) is 2.02. The molecule has 2 aromatic rings. The zero-order valence-corrected chi connectivity index (χ0v) is 12.8. The van der Waals surface area contributed by atoms with Gasteiger partial charge in [-0.1, -0.05) is 35.0 Å². The van der Waals surface area contributed by atoms with Crippen molar-refractivity contribution < 1.29 is 9.90 Å². The van der Waals surface area contributed by atoms with Crippen molar-refractivity contribution in [1.82, 2.24) is 0 Å². The minimum atomic E-state index is -0.0902. The maximum Gasteiger partial charge on any atom is 0.228 e. The van der Waals surface area contributed by atoms with Crippen molar-refractivity contribution in [2.24, 2.45) is 0 Å². The van der Waals surface area contributed by atoms with Crippen molar-refractivity contribution in [1.29, 1.82) is 0 Å². The lowest BCUT2D eigenvalue weighted by atomic mass is 10.1. The molecule has 4 heteroatoms. The first kappa shape index (κ1) is 14.6. The van der Waals surface area contributed by atoms with Crippen LogP contribution in [0.15, 0.2) is 46.9 Å². The molecule has 2 rings (SSSR count). The highest BCUT2D eigenvalue weighted by atomic mass is 79.9. The molecule has 0 aliphatic heterocycles. The van der Waals surface area contributed by atoms with Gasteiger partial charge in [-0.15, -0.1) is 0 Å². The summed E-state index contributed by atoms with van der Waals surface area (Å²) in [7, 11) is 0. The molecule has 0 aliphatic carbocycles. The molecule has 2 N–H and O–H groups in total. The van der Waals surface area contributed by atoms with Crippen LogP contribution < -0.4 is 5.32 Å². The number of amides is 1. The number of halogens is 1. The van der Waals surface area contributed by atoms with E-state index in [9.17, 15) is 9.90 Å². The number of hydrogen-bond donors (Lipinski definition) is 2. The van der Waals surface area contributed by atoms with Gasteiger partial charge in [0, 0.05) is 10.2 Å². The molecule has 0 spiro atoms. The van der Waals surface area contributed by atoms with Gasteiger partial charge in [-0.25, -0.2) is 0 Å². The summed E-state index contributed by atoms with van der Waals surface area (Å²) in [6.45, 7) is 2.05. The summed E-state index contributed by atoms with van der Waals surface area (Å²) in [5, 5.41) is 12.3. The minimum Gasteiger partial charge on any atom is -0.508 e. The Hall–Kier alpha value is -1.81. The topological polar surface area (TPSA) is 49.3 Å². The number of rotatable bonds is 4. The maximum atomic E-state index is 12.0. The predicted molar refractivity (Wildman–Crippen MR) is 84.0 cm³/mol. The lowest BCUT2D eigenvalue weighted by Crippen LogP contribution is -2.15. The highest BCUT2D eigenvalue weighted by Gasteiger charge is 2.08. The number of carbonyl (C=O) groups excluding carboxylic acids is 1. The van der Waals surface area contributed by atoms with Gasteiger partial charge in [-0.05, 0) is 47.9 Å². The van der Waals surface area contributed by atoms with E-state index in [0.717, 1.165) is 27.7 Å². The Morgan fingerprint density at radius 2 is 2.05 bits per heavy atom. The number of nitrogens with one attached hydrogen (secondary N) is 1. The third-order valence-electron chi connectivity index (χ3n) is 3.00. The smallest absolute Gasteiger partial charge is 0.228 e. The van der Waals surface area contributed by atoms with E-state index in [1.165, 1.54) is 0 Å². The first-order chi connectivity index (χ1) is 9.58. The van der Waals surface area contributed by atoms with Gasteiger partial charge in [0.2, 0.25) is 5.91 Å². The van der Waals surface area contributed by atoms with E-state index in [0.29, 0.717) is 0 Å². The van der Waals surface area contributed by atoms with Crippen molar-refractivity contribution in [3.63, 3.8) is 0 Å². The molecule has 0 heterocycles. The summed E-state index contributed by atoms with van der Waals surface area (Å²) >= 11 is 3.42. The third-order valence-corrected chi connectivity index (χ3v) is 3.49. The molecular weight excluding hydrogens is 318 g/mol. The molecule has 0 saturated carbocycles. The first-order valence-electron chi connectivity index (χ1n) is 6.44. The van der Waals surface area contributed by atoms with Gasteiger partial charge in [0.15, 0.2) is 0 Å². The molecule has 0 aliphatic rings. The van der Waals surface area contributed by atoms with Crippen molar-refractivity contribution in [3.8, 4) is 5.75 Å². The van der Waals surface area contributed by atoms with Crippen LogP contribution in [0, 0.1) is 0 Å². The maximum absolute atomic E-state index is 12.0. The molecule has 0 aromatic heterocycles. The van der Waals surface area contributed by atoms with E-state index in [1.54, 1.807) is 18.2 Å². The fraction of sp³-hybridized carbons (Fsp3) is 0.188. The fourth-order valence-corrected chi connectivity index (χ4v) is 2.43. The van der Waals surface area contributed by atoms with Crippen LogP contribution in [-0.4, -0.2) is 11.0 Å². The van der Waals surface area contributed by atoms with Crippen LogP contribution in [0.5, 0.6) is 5.75 Å². The van der Waals surface area contributed by atoms with E-state index < -0.39 is 0 Å². The highest BCUT2D eigenvalue weighted by Crippen LogP contribution is 2.22. The number of benzene rings is 2. The molecule has 20 heavy (non-hydrogen) atoms. The average molecular weight is 334 g/mol. The molecule has 0 bridgehead atoms. The summed E-state index contributed by atoms with van der Waals surface area (Å²) < 4.78 is 1.00. The van der Waals surface area contributed by atoms with Gasteiger partial charge < -0.3 is 10.4 Å². The van der Waals surface area contributed by atoms with Crippen LogP contribution in [-0.2, 0) is 17.6 Å². The minimum absolute atomic E-state index is 0.0902. The Morgan fingerprint density at radius 3 is 2.75 bits per heavy atom. The Kier molecular flexibility index (Phi) is 4.79. The third kappa shape index (κ3) is 3.84. The van der Waals surface area contributed by atoms with E-state index >= 15 is 0 Å². The van der Waals surface area contributed by atoms with E-state index in [4.69, 9.17) is 0 Å². The van der Waals surface area contributed by atoms with Crippen LogP contribution in [0.25, 0.3) is 0 Å². The van der Waals surface area contributed by atoms with Gasteiger partial charge >= 0.3 is 0 Å². The summed E-state index contributed by atoms with van der Waals surface area (Å²) in [6.07, 6.45) is 1.09. The van der Waals surface area contributed by atoms with Crippen molar-refractivity contribution in [2.45, 2.75) is 19.8 Å². The van der Waals surface area contributed by atoms with E-state index in [1.807, 2.05) is 31.2 Å². The molecule has 1 amide bonds. The van der Waals surface area contributed by atoms with Gasteiger partial charge in [0.25, 0.3) is 0 Å². The van der Waals surface area contributed by atoms with Crippen LogP contribution in [0.1, 0.15) is 18.1 Å². The Bertz CT molecular complexity index is 626. The van der Waals surface area contributed by atoms with Crippen LogP contribution in [0.3, 0.4) is 0 Å². The number of phenols is 1. The summed E-state index contributed by atoms with van der Waals surface area (Å²) in [5.41, 5.74) is 2.71. The van der Waals surface area contributed by atoms with Crippen LogP contribution in [0.2, 0.25) is 0 Å². The number of aromatic hydroxyl groups is 1. The molecule has 104 valence electrons. The van der Waals surface area contributed by atoms with E-state index in [-0.39, 0.29) is 18.1 Å². The number of aryl methyl sites for hydroxylation is 1. The van der Waals surface area contributed by atoms with E-state index in [2.05, 4.69) is 21.2 Å². The standard InChI is InChI=1S/C16H16BrNO2/c1-2-12-10-13(17)6-7-15(12)18-16(20)9-11-4-3-5-14(19)8-11/h3-8,10,19H,2,9H2,1H3,(H,18,20). The molecular formula is C16H16BrNO2. The van der Waals surface area contributed by atoms with Crippen LogP contribution in [0.4, 0.5) is 5.69 Å². The molecule has 3 nitrogen and oxygen atoms in total. The van der Waals surface area contributed by atoms with Crippen molar-refractivity contribution in [2.75, 3.05) is 5.32 Å². The second-order valence-corrected chi connectivity index (χ2v) is 5.47. The van der Waals surface area contributed by atoms with Gasteiger partial charge in [-0.2, -0.15) is 0 Å².